The van der Waals surface area contributed by atoms with Gasteiger partial charge in [-0.15, -0.1) is 0 Å². The molecule has 2 aromatic heterocycles. The SMILES string of the molecule is COC(=O)c1cnc2nc(N)nc(N)c2n1. The van der Waals surface area contributed by atoms with Gasteiger partial charge in [0.05, 0.1) is 13.3 Å². The fraction of sp³-hybridized carbons (Fsp3) is 0.125. The Hall–Kier alpha value is -2.51. The molecule has 0 unspecified atom stereocenters. The molecule has 8 heteroatoms. The molecule has 8 nitrogen and oxygen atoms in total. The number of aromatic nitrogens is 4. The summed E-state index contributed by atoms with van der Waals surface area (Å²) in [7, 11) is 1.25. The van der Waals surface area contributed by atoms with Crippen LogP contribution >= 0.6 is 0 Å². The smallest absolute Gasteiger partial charge is 0.358 e. The average molecular weight is 220 g/mol. The Morgan fingerprint density at radius 3 is 2.75 bits per heavy atom. The third-order valence-electron chi connectivity index (χ3n) is 1.85. The lowest BCUT2D eigenvalue weighted by Crippen LogP contribution is -2.08. The van der Waals surface area contributed by atoms with Gasteiger partial charge in [-0.3, -0.25) is 0 Å². The van der Waals surface area contributed by atoms with E-state index in [1.54, 1.807) is 0 Å². The number of esters is 1. The van der Waals surface area contributed by atoms with E-state index in [0.29, 0.717) is 0 Å². The van der Waals surface area contributed by atoms with Crippen LogP contribution in [0.2, 0.25) is 0 Å². The number of ether oxygens (including phenoxy) is 1. The number of nitrogens with two attached hydrogens (primary N) is 2. The number of carbonyl (C=O) groups is 1. The molecule has 4 N–H and O–H groups in total. The second kappa shape index (κ2) is 3.57. The summed E-state index contributed by atoms with van der Waals surface area (Å²) in [6.45, 7) is 0. The van der Waals surface area contributed by atoms with Gasteiger partial charge in [0.2, 0.25) is 5.95 Å². The Labute approximate surface area is 89.7 Å². The molecule has 0 radical (unpaired) electrons. The normalized spacial score (nSPS) is 10.3. The van der Waals surface area contributed by atoms with Crippen molar-refractivity contribution in [2.45, 2.75) is 0 Å². The van der Waals surface area contributed by atoms with Crippen LogP contribution in [0.15, 0.2) is 6.20 Å². The molecule has 0 fully saturated rings. The summed E-state index contributed by atoms with van der Waals surface area (Å²) in [6, 6.07) is 0. The highest BCUT2D eigenvalue weighted by Crippen LogP contribution is 2.14. The van der Waals surface area contributed by atoms with E-state index in [-0.39, 0.29) is 28.6 Å². The zero-order valence-electron chi connectivity index (χ0n) is 8.34. The number of nitrogens with zero attached hydrogens (tertiary/aromatic N) is 4. The molecule has 2 aromatic rings. The van der Waals surface area contributed by atoms with Crippen LogP contribution in [0.5, 0.6) is 0 Å². The first kappa shape index (κ1) is 10.0. The number of nitrogen functional groups attached to an aromatic ring is 2. The van der Waals surface area contributed by atoms with E-state index in [1.165, 1.54) is 13.3 Å². The van der Waals surface area contributed by atoms with Gasteiger partial charge in [-0.2, -0.15) is 9.97 Å². The summed E-state index contributed by atoms with van der Waals surface area (Å²) >= 11 is 0. The zero-order valence-corrected chi connectivity index (χ0v) is 8.34. The maximum atomic E-state index is 11.2. The maximum Gasteiger partial charge on any atom is 0.358 e. The van der Waals surface area contributed by atoms with Crippen LogP contribution in [0.25, 0.3) is 11.2 Å². The van der Waals surface area contributed by atoms with E-state index in [1.807, 2.05) is 0 Å². The topological polar surface area (TPSA) is 130 Å². The summed E-state index contributed by atoms with van der Waals surface area (Å²) in [6.07, 6.45) is 1.24. The van der Waals surface area contributed by atoms with Crippen molar-refractivity contribution in [1.82, 2.24) is 19.9 Å². The maximum absolute atomic E-state index is 11.2. The molecule has 0 amide bonds. The van der Waals surface area contributed by atoms with Crippen LogP contribution in [0, 0.1) is 0 Å². The van der Waals surface area contributed by atoms with Crippen LogP contribution in [-0.2, 0) is 4.74 Å². The lowest BCUT2D eigenvalue weighted by molar-refractivity contribution is 0.0594. The zero-order chi connectivity index (χ0) is 11.7. The van der Waals surface area contributed by atoms with E-state index in [9.17, 15) is 4.79 Å². The third-order valence-corrected chi connectivity index (χ3v) is 1.85. The van der Waals surface area contributed by atoms with Crippen LogP contribution < -0.4 is 11.5 Å². The molecule has 0 spiro atoms. The first-order valence-electron chi connectivity index (χ1n) is 4.26. The summed E-state index contributed by atoms with van der Waals surface area (Å²) in [5, 5.41) is 0. The first-order valence-corrected chi connectivity index (χ1v) is 4.26. The number of anilines is 2. The van der Waals surface area contributed by atoms with Crippen molar-refractivity contribution in [2.75, 3.05) is 18.6 Å². The van der Waals surface area contributed by atoms with Gasteiger partial charge in [-0.05, 0) is 0 Å². The minimum Gasteiger partial charge on any atom is -0.464 e. The Morgan fingerprint density at radius 2 is 2.06 bits per heavy atom. The van der Waals surface area contributed by atoms with Crippen LogP contribution in [0.4, 0.5) is 11.8 Å². The largest absolute Gasteiger partial charge is 0.464 e. The lowest BCUT2D eigenvalue weighted by Gasteiger charge is -2.02. The highest BCUT2D eigenvalue weighted by molar-refractivity contribution is 5.90. The van der Waals surface area contributed by atoms with E-state index >= 15 is 0 Å². The Morgan fingerprint density at radius 1 is 1.31 bits per heavy atom. The van der Waals surface area contributed by atoms with Crippen molar-refractivity contribution in [2.24, 2.45) is 0 Å². The van der Waals surface area contributed by atoms with E-state index in [0.717, 1.165) is 0 Å². The molecule has 0 atom stereocenters. The van der Waals surface area contributed by atoms with Crippen molar-refractivity contribution >= 4 is 28.9 Å². The van der Waals surface area contributed by atoms with Gasteiger partial charge in [0.15, 0.2) is 22.7 Å². The van der Waals surface area contributed by atoms with E-state index in [4.69, 9.17) is 11.5 Å². The summed E-state index contributed by atoms with van der Waals surface area (Å²) in [5.74, 6) is -0.531. The van der Waals surface area contributed by atoms with Crippen LogP contribution in [-0.4, -0.2) is 33.0 Å². The van der Waals surface area contributed by atoms with Gasteiger partial charge in [0.25, 0.3) is 0 Å². The number of rotatable bonds is 1. The highest BCUT2D eigenvalue weighted by Gasteiger charge is 2.12. The molecular formula is C8H8N6O2. The van der Waals surface area contributed by atoms with Crippen molar-refractivity contribution in [3.63, 3.8) is 0 Å². The molecule has 2 heterocycles. The van der Waals surface area contributed by atoms with Crippen molar-refractivity contribution in [3.05, 3.63) is 11.9 Å². The van der Waals surface area contributed by atoms with Gasteiger partial charge in [-0.25, -0.2) is 14.8 Å². The van der Waals surface area contributed by atoms with Gasteiger partial charge in [0, 0.05) is 0 Å². The molecule has 0 aliphatic heterocycles. The van der Waals surface area contributed by atoms with Gasteiger partial charge in [0.1, 0.15) is 0 Å². The summed E-state index contributed by atoms with van der Waals surface area (Å²) < 4.78 is 4.50. The Kier molecular flexibility index (Phi) is 2.24. The van der Waals surface area contributed by atoms with E-state index < -0.39 is 5.97 Å². The highest BCUT2D eigenvalue weighted by atomic mass is 16.5. The summed E-state index contributed by atoms with van der Waals surface area (Å²) in [5.41, 5.74) is 11.5. The second-order valence-electron chi connectivity index (χ2n) is 2.89. The molecule has 82 valence electrons. The minimum absolute atomic E-state index is 0.00474. The molecule has 0 saturated carbocycles. The third kappa shape index (κ3) is 1.56. The number of methoxy groups -OCH3 is 1. The van der Waals surface area contributed by atoms with Crippen molar-refractivity contribution in [3.8, 4) is 0 Å². The average Bonchev–Trinajstić information content (AvgIpc) is 2.27. The number of fused-ring (bicyclic) bond motifs is 1. The molecule has 0 aliphatic carbocycles. The number of hydrogen-bond acceptors (Lipinski definition) is 8. The molecule has 0 saturated heterocycles. The predicted octanol–water partition coefficient (Wildman–Crippen LogP) is -0.629. The van der Waals surface area contributed by atoms with Crippen LogP contribution in [0.3, 0.4) is 0 Å². The monoisotopic (exact) mass is 220 g/mol. The second-order valence-corrected chi connectivity index (χ2v) is 2.89. The first-order chi connectivity index (χ1) is 7.61. The molecule has 0 aliphatic rings. The molecule has 0 bridgehead atoms. The van der Waals surface area contributed by atoms with Gasteiger partial charge >= 0.3 is 5.97 Å². The molecule has 0 aromatic carbocycles. The van der Waals surface area contributed by atoms with Gasteiger partial charge in [-0.1, -0.05) is 0 Å². The fourth-order valence-corrected chi connectivity index (χ4v) is 1.15. The Bertz CT molecular complexity index is 570. The molecule has 2 rings (SSSR count). The quantitative estimate of drug-likeness (QED) is 0.607. The van der Waals surface area contributed by atoms with Crippen molar-refractivity contribution in [1.29, 1.82) is 0 Å². The van der Waals surface area contributed by atoms with Gasteiger partial charge < -0.3 is 16.2 Å². The lowest BCUT2D eigenvalue weighted by atomic mass is 10.4. The molecule has 16 heavy (non-hydrogen) atoms. The molecular weight excluding hydrogens is 212 g/mol. The minimum atomic E-state index is -0.606. The van der Waals surface area contributed by atoms with Crippen LogP contribution in [0.1, 0.15) is 10.5 Å². The predicted molar refractivity (Wildman–Crippen MR) is 55.3 cm³/mol. The fourth-order valence-electron chi connectivity index (χ4n) is 1.15. The van der Waals surface area contributed by atoms with E-state index in [2.05, 4.69) is 24.7 Å². The Balaban J connectivity index is 2.66. The number of carbonyl (C=O) groups excluding carboxylic acids is 1. The summed E-state index contributed by atoms with van der Waals surface area (Å²) in [4.78, 5) is 26.6. The van der Waals surface area contributed by atoms with Crippen molar-refractivity contribution < 1.29 is 9.53 Å². The standard InChI is InChI=1S/C8H8N6O2/c1-16-7(15)3-2-11-6-4(12-3)5(9)13-8(10)14-6/h2H,1H3,(H4,9,10,11,13,14). The number of hydrogen-bond donors (Lipinski definition) is 2.